The van der Waals surface area contributed by atoms with Crippen LogP contribution in [0.2, 0.25) is 0 Å². The van der Waals surface area contributed by atoms with E-state index in [0.29, 0.717) is 6.04 Å². The summed E-state index contributed by atoms with van der Waals surface area (Å²) in [4.78, 5) is 2.90. The van der Waals surface area contributed by atoms with E-state index in [0.717, 1.165) is 25.8 Å². The van der Waals surface area contributed by atoms with E-state index in [1.54, 1.807) is 0 Å². The van der Waals surface area contributed by atoms with Crippen LogP contribution >= 0.6 is 11.3 Å². The Bertz CT molecular complexity index is 512. The van der Waals surface area contributed by atoms with Gasteiger partial charge in [-0.3, -0.25) is 0 Å². The van der Waals surface area contributed by atoms with Crippen LogP contribution in [0.5, 0.6) is 0 Å². The molecule has 1 aromatic heterocycles. The van der Waals surface area contributed by atoms with Gasteiger partial charge in [0.1, 0.15) is 0 Å². The fourth-order valence-electron chi connectivity index (χ4n) is 2.36. The van der Waals surface area contributed by atoms with Crippen LogP contribution in [0.3, 0.4) is 0 Å². The van der Waals surface area contributed by atoms with Gasteiger partial charge in [-0.15, -0.1) is 11.3 Å². The Balaban J connectivity index is 2.25. The zero-order valence-corrected chi connectivity index (χ0v) is 13.6. The van der Waals surface area contributed by atoms with Crippen LogP contribution < -0.4 is 5.32 Å². The van der Waals surface area contributed by atoms with Crippen molar-refractivity contribution in [2.24, 2.45) is 0 Å². The topological polar surface area (TPSA) is 12.0 Å². The van der Waals surface area contributed by atoms with Crippen molar-refractivity contribution in [3.05, 3.63) is 57.3 Å². The molecule has 0 saturated carbocycles. The SMILES string of the molecule is CCCNC(c1ccc(CC)cc1)c1ccc(CC)s1. The van der Waals surface area contributed by atoms with Crippen molar-refractivity contribution in [2.45, 2.75) is 46.1 Å². The number of aryl methyl sites for hydroxylation is 2. The number of benzene rings is 1. The molecule has 1 nitrogen and oxygen atoms in total. The molecule has 0 aliphatic rings. The standard InChI is InChI=1S/C18H25NS/c1-4-13-19-18(17-12-11-16(6-3)20-17)15-9-7-14(5-2)8-10-15/h7-12,18-19H,4-6,13H2,1-3H3. The summed E-state index contributed by atoms with van der Waals surface area (Å²) in [5.74, 6) is 0. The predicted octanol–water partition coefficient (Wildman–Crippen LogP) is 4.96. The Hall–Kier alpha value is -1.12. The third kappa shape index (κ3) is 3.71. The maximum absolute atomic E-state index is 3.69. The van der Waals surface area contributed by atoms with Crippen LogP contribution in [-0.4, -0.2) is 6.54 Å². The average Bonchev–Trinajstić information content (AvgIpc) is 2.97. The van der Waals surface area contributed by atoms with E-state index in [2.05, 4.69) is 62.5 Å². The summed E-state index contributed by atoms with van der Waals surface area (Å²) in [6.07, 6.45) is 3.39. The summed E-state index contributed by atoms with van der Waals surface area (Å²) in [6.45, 7) is 7.70. The first-order valence-electron chi connectivity index (χ1n) is 7.69. The summed E-state index contributed by atoms with van der Waals surface area (Å²) in [6, 6.07) is 13.9. The van der Waals surface area contributed by atoms with Gasteiger partial charge in [0.05, 0.1) is 6.04 Å². The highest BCUT2D eigenvalue weighted by atomic mass is 32.1. The van der Waals surface area contributed by atoms with Crippen molar-refractivity contribution in [2.75, 3.05) is 6.54 Å². The zero-order chi connectivity index (χ0) is 14.4. The molecule has 108 valence electrons. The van der Waals surface area contributed by atoms with Crippen LogP contribution in [0.25, 0.3) is 0 Å². The van der Waals surface area contributed by atoms with Crippen molar-refractivity contribution in [3.63, 3.8) is 0 Å². The molecule has 0 aliphatic carbocycles. The molecule has 1 unspecified atom stereocenters. The minimum absolute atomic E-state index is 0.339. The molecule has 0 aliphatic heterocycles. The first-order valence-corrected chi connectivity index (χ1v) is 8.50. The summed E-state index contributed by atoms with van der Waals surface area (Å²) in [5.41, 5.74) is 2.78. The van der Waals surface area contributed by atoms with Gasteiger partial charge in [-0.25, -0.2) is 0 Å². The van der Waals surface area contributed by atoms with E-state index in [-0.39, 0.29) is 0 Å². The maximum atomic E-state index is 3.69. The van der Waals surface area contributed by atoms with Crippen molar-refractivity contribution in [1.29, 1.82) is 0 Å². The van der Waals surface area contributed by atoms with Gasteiger partial charge in [0, 0.05) is 9.75 Å². The molecule has 0 bridgehead atoms. The largest absolute Gasteiger partial charge is 0.306 e. The third-order valence-corrected chi connectivity index (χ3v) is 4.93. The molecule has 1 atom stereocenters. The molecule has 1 N–H and O–H groups in total. The Kier molecular flexibility index (Phi) is 5.81. The second-order valence-corrected chi connectivity index (χ2v) is 6.34. The average molecular weight is 287 g/mol. The van der Waals surface area contributed by atoms with Crippen LogP contribution in [-0.2, 0) is 12.8 Å². The highest BCUT2D eigenvalue weighted by Crippen LogP contribution is 2.29. The second kappa shape index (κ2) is 7.61. The third-order valence-electron chi connectivity index (χ3n) is 3.64. The van der Waals surface area contributed by atoms with Crippen LogP contribution in [0.1, 0.15) is 54.1 Å². The second-order valence-electron chi connectivity index (χ2n) is 5.14. The van der Waals surface area contributed by atoms with Gasteiger partial charge in [-0.2, -0.15) is 0 Å². The number of hydrogen-bond acceptors (Lipinski definition) is 2. The molecule has 0 amide bonds. The summed E-state index contributed by atoms with van der Waals surface area (Å²) in [7, 11) is 0. The Morgan fingerprint density at radius 1 is 0.950 bits per heavy atom. The van der Waals surface area contributed by atoms with Gasteiger partial charge in [-0.05, 0) is 49.1 Å². The Labute approximate surface area is 127 Å². The van der Waals surface area contributed by atoms with Crippen LogP contribution in [0.15, 0.2) is 36.4 Å². The molecule has 0 radical (unpaired) electrons. The van der Waals surface area contributed by atoms with Crippen molar-refractivity contribution < 1.29 is 0 Å². The van der Waals surface area contributed by atoms with Crippen molar-refractivity contribution in [1.82, 2.24) is 5.32 Å². The van der Waals surface area contributed by atoms with E-state index in [1.807, 2.05) is 11.3 Å². The highest BCUT2D eigenvalue weighted by molar-refractivity contribution is 7.12. The van der Waals surface area contributed by atoms with E-state index < -0.39 is 0 Å². The predicted molar refractivity (Wildman–Crippen MR) is 89.7 cm³/mol. The molecule has 0 saturated heterocycles. The van der Waals surface area contributed by atoms with Crippen molar-refractivity contribution in [3.8, 4) is 0 Å². The van der Waals surface area contributed by atoms with Gasteiger partial charge < -0.3 is 5.32 Å². The minimum atomic E-state index is 0.339. The molecule has 1 heterocycles. The number of thiophene rings is 1. The molecular weight excluding hydrogens is 262 g/mol. The maximum Gasteiger partial charge on any atom is 0.0671 e. The Morgan fingerprint density at radius 2 is 1.70 bits per heavy atom. The summed E-state index contributed by atoms with van der Waals surface area (Å²) in [5, 5.41) is 3.69. The smallest absolute Gasteiger partial charge is 0.0671 e. The lowest BCUT2D eigenvalue weighted by atomic mass is 10.0. The fourth-order valence-corrected chi connectivity index (χ4v) is 3.41. The van der Waals surface area contributed by atoms with E-state index in [4.69, 9.17) is 0 Å². The van der Waals surface area contributed by atoms with Crippen molar-refractivity contribution >= 4 is 11.3 Å². The summed E-state index contributed by atoms with van der Waals surface area (Å²) < 4.78 is 0. The van der Waals surface area contributed by atoms with Gasteiger partial charge in [0.15, 0.2) is 0 Å². The molecule has 20 heavy (non-hydrogen) atoms. The van der Waals surface area contributed by atoms with Gasteiger partial charge in [-0.1, -0.05) is 45.0 Å². The van der Waals surface area contributed by atoms with Gasteiger partial charge >= 0.3 is 0 Å². The molecular formula is C18H25NS. The fraction of sp³-hybridized carbons (Fsp3) is 0.444. The molecule has 2 rings (SSSR count). The lowest BCUT2D eigenvalue weighted by molar-refractivity contribution is 0.606. The quantitative estimate of drug-likeness (QED) is 0.758. The monoisotopic (exact) mass is 287 g/mol. The van der Waals surface area contributed by atoms with Gasteiger partial charge in [0.2, 0.25) is 0 Å². The van der Waals surface area contributed by atoms with E-state index in [1.165, 1.54) is 20.9 Å². The van der Waals surface area contributed by atoms with E-state index >= 15 is 0 Å². The van der Waals surface area contributed by atoms with Crippen LogP contribution in [0, 0.1) is 0 Å². The number of hydrogen-bond donors (Lipinski definition) is 1. The summed E-state index contributed by atoms with van der Waals surface area (Å²) >= 11 is 1.93. The first-order chi connectivity index (χ1) is 9.78. The number of rotatable bonds is 7. The first kappa shape index (κ1) is 15.3. The molecule has 2 heteroatoms. The lowest BCUT2D eigenvalue weighted by Crippen LogP contribution is -2.22. The van der Waals surface area contributed by atoms with Gasteiger partial charge in [0.25, 0.3) is 0 Å². The highest BCUT2D eigenvalue weighted by Gasteiger charge is 2.15. The lowest BCUT2D eigenvalue weighted by Gasteiger charge is -2.18. The minimum Gasteiger partial charge on any atom is -0.306 e. The van der Waals surface area contributed by atoms with Crippen LogP contribution in [0.4, 0.5) is 0 Å². The zero-order valence-electron chi connectivity index (χ0n) is 12.8. The molecule has 0 fully saturated rings. The van der Waals surface area contributed by atoms with E-state index in [9.17, 15) is 0 Å². The molecule has 2 aromatic rings. The normalized spacial score (nSPS) is 12.6. The molecule has 0 spiro atoms. The molecule has 1 aromatic carbocycles. The number of nitrogens with one attached hydrogen (secondary N) is 1. The Morgan fingerprint density at radius 3 is 2.25 bits per heavy atom.